The van der Waals surface area contributed by atoms with E-state index in [2.05, 4.69) is 24.0 Å². The van der Waals surface area contributed by atoms with E-state index in [1.54, 1.807) is 12.3 Å². The number of aryl methyl sites for hydroxylation is 1. The molecule has 0 saturated carbocycles. The Bertz CT molecular complexity index is 560. The predicted molar refractivity (Wildman–Crippen MR) is 74.5 cm³/mol. The fourth-order valence-electron chi connectivity index (χ4n) is 1.81. The van der Waals surface area contributed by atoms with E-state index in [1.807, 2.05) is 30.1 Å². The number of anilines is 2. The monoisotopic (exact) mass is 240 g/mol. The Labute approximate surface area is 107 Å². The van der Waals surface area contributed by atoms with Crippen LogP contribution in [0.25, 0.3) is 0 Å². The van der Waals surface area contributed by atoms with Crippen molar-refractivity contribution in [2.75, 3.05) is 11.9 Å². The first-order chi connectivity index (χ1) is 8.59. The van der Waals surface area contributed by atoms with E-state index >= 15 is 0 Å². The molecule has 92 valence electrons. The third kappa shape index (κ3) is 2.32. The van der Waals surface area contributed by atoms with E-state index in [0.29, 0.717) is 5.56 Å². The van der Waals surface area contributed by atoms with Crippen LogP contribution in [0.2, 0.25) is 0 Å². The molecule has 0 aliphatic heterocycles. The number of pyridine rings is 1. The summed E-state index contributed by atoms with van der Waals surface area (Å²) >= 11 is 0. The van der Waals surface area contributed by atoms with Crippen molar-refractivity contribution < 1.29 is 0 Å². The first-order valence-electron chi connectivity index (χ1n) is 5.69. The molecule has 0 spiro atoms. The van der Waals surface area contributed by atoms with E-state index in [4.69, 9.17) is 11.1 Å². The average Bonchev–Trinajstić information content (AvgIpc) is 2.38. The van der Waals surface area contributed by atoms with E-state index < -0.39 is 0 Å². The van der Waals surface area contributed by atoms with E-state index in [-0.39, 0.29) is 5.84 Å². The normalized spacial score (nSPS) is 10.1. The Morgan fingerprint density at radius 2 is 1.94 bits per heavy atom. The topological polar surface area (TPSA) is 66.0 Å². The zero-order valence-corrected chi connectivity index (χ0v) is 10.5. The second-order valence-electron chi connectivity index (χ2n) is 4.16. The number of nitrogens with zero attached hydrogens (tertiary/aromatic N) is 2. The number of para-hydroxylation sites is 1. The molecule has 0 fully saturated rings. The third-order valence-corrected chi connectivity index (χ3v) is 2.88. The standard InChI is InChI=1S/C14H16N4/c1-10-5-3-4-6-12(10)18(2)13-8-7-11(9-17-13)14(15)16/h3-9H,1-2H3,(H3,15,16). The number of nitrogens with two attached hydrogens (primary N) is 1. The molecule has 3 N–H and O–H groups in total. The van der Waals surface area contributed by atoms with Crippen molar-refractivity contribution in [3.63, 3.8) is 0 Å². The van der Waals surface area contributed by atoms with Crippen LogP contribution in [-0.4, -0.2) is 17.9 Å². The van der Waals surface area contributed by atoms with E-state index in [0.717, 1.165) is 11.5 Å². The Balaban J connectivity index is 2.32. The maximum atomic E-state index is 7.34. The smallest absolute Gasteiger partial charge is 0.132 e. The van der Waals surface area contributed by atoms with Crippen molar-refractivity contribution in [2.45, 2.75) is 6.92 Å². The van der Waals surface area contributed by atoms with Crippen molar-refractivity contribution in [1.29, 1.82) is 5.41 Å². The average molecular weight is 240 g/mol. The van der Waals surface area contributed by atoms with E-state index in [9.17, 15) is 0 Å². The fourth-order valence-corrected chi connectivity index (χ4v) is 1.81. The van der Waals surface area contributed by atoms with Crippen LogP contribution in [0.15, 0.2) is 42.6 Å². The van der Waals surface area contributed by atoms with Gasteiger partial charge in [0.25, 0.3) is 0 Å². The summed E-state index contributed by atoms with van der Waals surface area (Å²) in [6.07, 6.45) is 1.62. The van der Waals surface area contributed by atoms with Crippen molar-refractivity contribution in [2.24, 2.45) is 5.73 Å². The molecule has 0 amide bonds. The molecule has 0 atom stereocenters. The van der Waals surface area contributed by atoms with Gasteiger partial charge in [0, 0.05) is 24.5 Å². The first kappa shape index (κ1) is 12.1. The molecule has 0 aliphatic carbocycles. The van der Waals surface area contributed by atoms with Crippen LogP contribution in [-0.2, 0) is 0 Å². The molecule has 1 aromatic carbocycles. The van der Waals surface area contributed by atoms with Gasteiger partial charge in [0.05, 0.1) is 0 Å². The summed E-state index contributed by atoms with van der Waals surface area (Å²) in [5.41, 5.74) is 8.34. The highest BCUT2D eigenvalue weighted by Gasteiger charge is 2.07. The lowest BCUT2D eigenvalue weighted by atomic mass is 10.2. The third-order valence-electron chi connectivity index (χ3n) is 2.88. The van der Waals surface area contributed by atoms with Crippen molar-refractivity contribution in [1.82, 2.24) is 4.98 Å². The van der Waals surface area contributed by atoms with Gasteiger partial charge in [-0.3, -0.25) is 5.41 Å². The molecule has 1 heterocycles. The lowest BCUT2D eigenvalue weighted by Crippen LogP contribution is -2.15. The van der Waals surface area contributed by atoms with Crippen LogP contribution in [0.5, 0.6) is 0 Å². The summed E-state index contributed by atoms with van der Waals surface area (Å²) < 4.78 is 0. The molecule has 0 saturated heterocycles. The fraction of sp³-hybridized carbons (Fsp3) is 0.143. The molecule has 2 rings (SSSR count). The Hall–Kier alpha value is -2.36. The summed E-state index contributed by atoms with van der Waals surface area (Å²) in [5, 5.41) is 7.34. The summed E-state index contributed by atoms with van der Waals surface area (Å²) in [7, 11) is 1.97. The highest BCUT2D eigenvalue weighted by atomic mass is 15.2. The van der Waals surface area contributed by atoms with Gasteiger partial charge in [0.1, 0.15) is 11.7 Å². The highest BCUT2D eigenvalue weighted by molar-refractivity contribution is 5.94. The molecule has 4 heteroatoms. The van der Waals surface area contributed by atoms with Gasteiger partial charge in [-0.15, -0.1) is 0 Å². The summed E-state index contributed by atoms with van der Waals surface area (Å²) in [4.78, 5) is 6.34. The van der Waals surface area contributed by atoms with E-state index in [1.165, 1.54) is 5.56 Å². The number of nitrogen functional groups attached to an aromatic ring is 1. The van der Waals surface area contributed by atoms with Crippen LogP contribution < -0.4 is 10.6 Å². The van der Waals surface area contributed by atoms with Crippen molar-refractivity contribution >= 4 is 17.3 Å². The molecule has 2 aromatic rings. The van der Waals surface area contributed by atoms with Gasteiger partial charge in [-0.05, 0) is 30.7 Å². The SMILES string of the molecule is Cc1ccccc1N(C)c1ccc(C(=N)N)cn1. The van der Waals surface area contributed by atoms with Crippen LogP contribution in [0.4, 0.5) is 11.5 Å². The van der Waals surface area contributed by atoms with Crippen molar-refractivity contribution in [3.8, 4) is 0 Å². The van der Waals surface area contributed by atoms with Gasteiger partial charge in [-0.1, -0.05) is 18.2 Å². The summed E-state index contributed by atoms with van der Waals surface area (Å²) in [5.74, 6) is 0.863. The Morgan fingerprint density at radius 3 is 2.50 bits per heavy atom. The van der Waals surface area contributed by atoms with Gasteiger partial charge >= 0.3 is 0 Å². The number of rotatable bonds is 3. The number of hydrogen-bond donors (Lipinski definition) is 2. The first-order valence-corrected chi connectivity index (χ1v) is 5.69. The van der Waals surface area contributed by atoms with Crippen LogP contribution >= 0.6 is 0 Å². The van der Waals surface area contributed by atoms with Crippen LogP contribution in [0.3, 0.4) is 0 Å². The maximum Gasteiger partial charge on any atom is 0.132 e. The second kappa shape index (κ2) is 4.87. The molecule has 18 heavy (non-hydrogen) atoms. The Kier molecular flexibility index (Phi) is 3.28. The minimum atomic E-state index is 0.0348. The zero-order chi connectivity index (χ0) is 13.1. The molecule has 1 aromatic heterocycles. The quantitative estimate of drug-likeness (QED) is 0.639. The molecule has 4 nitrogen and oxygen atoms in total. The van der Waals surface area contributed by atoms with Gasteiger partial charge in [0.2, 0.25) is 0 Å². The minimum Gasteiger partial charge on any atom is -0.384 e. The molecule has 0 radical (unpaired) electrons. The highest BCUT2D eigenvalue weighted by Crippen LogP contribution is 2.24. The number of benzene rings is 1. The van der Waals surface area contributed by atoms with Gasteiger partial charge < -0.3 is 10.6 Å². The number of nitrogens with one attached hydrogen (secondary N) is 1. The lowest BCUT2D eigenvalue weighted by Gasteiger charge is -2.20. The van der Waals surface area contributed by atoms with Crippen LogP contribution in [0.1, 0.15) is 11.1 Å². The molecule has 0 bridgehead atoms. The summed E-state index contributed by atoms with van der Waals surface area (Å²) in [6, 6.07) is 11.8. The summed E-state index contributed by atoms with van der Waals surface area (Å²) in [6.45, 7) is 2.07. The minimum absolute atomic E-state index is 0.0348. The Morgan fingerprint density at radius 1 is 1.22 bits per heavy atom. The predicted octanol–water partition coefficient (Wildman–Crippen LogP) is 2.44. The molecule has 0 aliphatic rings. The number of amidine groups is 1. The maximum absolute atomic E-state index is 7.34. The van der Waals surface area contributed by atoms with Gasteiger partial charge in [0.15, 0.2) is 0 Å². The van der Waals surface area contributed by atoms with Crippen LogP contribution in [0, 0.1) is 12.3 Å². The number of hydrogen-bond acceptors (Lipinski definition) is 3. The zero-order valence-electron chi connectivity index (χ0n) is 10.5. The largest absolute Gasteiger partial charge is 0.384 e. The molecular formula is C14H16N4. The van der Waals surface area contributed by atoms with Crippen molar-refractivity contribution in [3.05, 3.63) is 53.7 Å². The molecule has 0 unspecified atom stereocenters. The lowest BCUT2D eigenvalue weighted by molar-refractivity contribution is 1.11. The molecular weight excluding hydrogens is 224 g/mol. The number of aromatic nitrogens is 1. The van der Waals surface area contributed by atoms with Gasteiger partial charge in [-0.25, -0.2) is 4.98 Å². The van der Waals surface area contributed by atoms with Gasteiger partial charge in [-0.2, -0.15) is 0 Å². The second-order valence-corrected chi connectivity index (χ2v) is 4.16.